The molecule has 3 amide bonds. The zero-order valence-corrected chi connectivity index (χ0v) is 27.4. The summed E-state index contributed by atoms with van der Waals surface area (Å²) in [6.07, 6.45) is -0.858. The lowest BCUT2D eigenvalue weighted by Crippen LogP contribution is -2.43. The van der Waals surface area contributed by atoms with Crippen molar-refractivity contribution in [3.63, 3.8) is 0 Å². The third-order valence-electron chi connectivity index (χ3n) is 7.95. The summed E-state index contributed by atoms with van der Waals surface area (Å²) >= 11 is 6.40. The summed E-state index contributed by atoms with van der Waals surface area (Å²) in [7, 11) is 1.59. The van der Waals surface area contributed by atoms with Gasteiger partial charge in [0.2, 0.25) is 11.9 Å². The number of ether oxygens (including phenoxy) is 1. The van der Waals surface area contributed by atoms with Gasteiger partial charge in [0, 0.05) is 47.8 Å². The number of hydrogen-bond acceptors (Lipinski definition) is 8. The molecule has 6 rings (SSSR count). The van der Waals surface area contributed by atoms with Crippen LogP contribution < -0.4 is 26.0 Å². The molecule has 12 nitrogen and oxygen atoms in total. The van der Waals surface area contributed by atoms with Gasteiger partial charge < -0.3 is 36.0 Å². The molecule has 5 N–H and O–H groups in total. The summed E-state index contributed by atoms with van der Waals surface area (Å²) in [6, 6.07) is 21.0. The molecular formula is C34H33ClF3N7O5. The first kappa shape index (κ1) is 35.7. The molecule has 262 valence electrons. The largest absolute Gasteiger partial charge is 0.497 e. The van der Waals surface area contributed by atoms with Crippen molar-refractivity contribution < 1.29 is 37.4 Å². The number of fused-ring (bicyclic) bond motifs is 6. The van der Waals surface area contributed by atoms with Crippen molar-refractivity contribution >= 4 is 64.0 Å². The number of nitrogens with zero attached hydrogens (tertiary/aromatic N) is 3. The Morgan fingerprint density at radius 3 is 2.40 bits per heavy atom. The smallest absolute Gasteiger partial charge is 0.490 e. The van der Waals surface area contributed by atoms with Crippen molar-refractivity contribution in [2.75, 3.05) is 41.5 Å². The van der Waals surface area contributed by atoms with Crippen LogP contribution in [0.25, 0.3) is 0 Å². The minimum atomic E-state index is -5.08. The minimum absolute atomic E-state index is 0.0394. The molecule has 0 radical (unpaired) electrons. The lowest BCUT2D eigenvalue weighted by Gasteiger charge is -2.31. The Bertz CT molecular complexity index is 1870. The fourth-order valence-corrected chi connectivity index (χ4v) is 5.49. The van der Waals surface area contributed by atoms with Gasteiger partial charge in [-0.25, -0.2) is 14.6 Å². The number of nitrogens with one attached hydrogen (secondary N) is 4. The van der Waals surface area contributed by atoms with Crippen LogP contribution >= 0.6 is 11.6 Å². The zero-order valence-electron chi connectivity index (χ0n) is 26.7. The zero-order chi connectivity index (χ0) is 35.8. The number of likely N-dealkylation sites (tertiary alicyclic amines) is 1. The summed E-state index contributed by atoms with van der Waals surface area (Å²) in [6.45, 7) is 0.991. The van der Waals surface area contributed by atoms with Gasteiger partial charge in [-0.05, 0) is 79.3 Å². The van der Waals surface area contributed by atoms with Crippen LogP contribution in [0.15, 0.2) is 72.9 Å². The molecule has 3 heterocycles. The van der Waals surface area contributed by atoms with E-state index in [1.165, 1.54) is 0 Å². The van der Waals surface area contributed by atoms with Crippen molar-refractivity contribution in [1.29, 1.82) is 0 Å². The van der Waals surface area contributed by atoms with Gasteiger partial charge in [0.25, 0.3) is 0 Å². The number of carbonyl (C=O) groups excluding carboxylic acids is 2. The number of rotatable bonds is 4. The van der Waals surface area contributed by atoms with Crippen molar-refractivity contribution in [2.45, 2.75) is 31.9 Å². The number of carboxylic acid groups (broad SMARTS) is 1. The number of halogens is 4. The summed E-state index contributed by atoms with van der Waals surface area (Å²) in [5.41, 5.74) is 5.27. The molecule has 6 bridgehead atoms. The van der Waals surface area contributed by atoms with E-state index in [2.05, 4.69) is 43.4 Å². The fourth-order valence-electron chi connectivity index (χ4n) is 5.35. The van der Waals surface area contributed by atoms with Gasteiger partial charge in [-0.15, -0.1) is 0 Å². The van der Waals surface area contributed by atoms with Gasteiger partial charge in [-0.3, -0.25) is 4.79 Å². The lowest BCUT2D eigenvalue weighted by atomic mass is 9.95. The molecule has 1 fully saturated rings. The number of hydrogen-bond donors (Lipinski definition) is 5. The first-order valence-corrected chi connectivity index (χ1v) is 15.8. The van der Waals surface area contributed by atoms with E-state index in [9.17, 15) is 22.8 Å². The molecule has 0 spiro atoms. The Kier molecular flexibility index (Phi) is 11.3. The van der Waals surface area contributed by atoms with Gasteiger partial charge in [-0.1, -0.05) is 29.8 Å². The maximum absolute atomic E-state index is 13.4. The van der Waals surface area contributed by atoms with E-state index in [1.54, 1.807) is 24.3 Å². The highest BCUT2D eigenvalue weighted by molar-refractivity contribution is 6.32. The van der Waals surface area contributed by atoms with Crippen LogP contribution in [-0.2, 0) is 22.4 Å². The lowest BCUT2D eigenvalue weighted by molar-refractivity contribution is -0.192. The average Bonchev–Trinajstić information content (AvgIpc) is 3.10. The molecule has 0 atom stereocenters. The maximum Gasteiger partial charge on any atom is 0.490 e. The number of aryl methyl sites for hydroxylation is 2. The molecule has 1 saturated heterocycles. The fraction of sp³-hybridized carbons (Fsp3) is 0.265. The SMILES string of the molecule is COc1cccc(NC(=O)N2CCC(C(=O)Nc3ccc4cc3CCc3cccc(c3)Nc3ncc(Cl)c(n3)N4)CC2)c1.O=C(O)C(F)(F)F. The Hall–Kier alpha value is -5.57. The Balaban J connectivity index is 0.000000630. The predicted octanol–water partition coefficient (Wildman–Crippen LogP) is 7.24. The van der Waals surface area contributed by atoms with Crippen molar-refractivity contribution in [1.82, 2.24) is 14.9 Å². The normalized spacial score (nSPS) is 14.1. The number of methoxy groups -OCH3 is 1. The van der Waals surface area contributed by atoms with Gasteiger partial charge >= 0.3 is 18.2 Å². The van der Waals surface area contributed by atoms with Crippen molar-refractivity contribution in [3.05, 3.63) is 89.1 Å². The molecular weight excluding hydrogens is 679 g/mol. The number of aliphatic carboxylic acids is 1. The van der Waals surface area contributed by atoms with E-state index < -0.39 is 12.1 Å². The topological polar surface area (TPSA) is 158 Å². The second-order valence-electron chi connectivity index (χ2n) is 11.4. The van der Waals surface area contributed by atoms with Crippen LogP contribution in [0.2, 0.25) is 5.02 Å². The van der Waals surface area contributed by atoms with Crippen molar-refractivity contribution in [3.8, 4) is 5.75 Å². The van der Waals surface area contributed by atoms with Crippen LogP contribution in [-0.4, -0.2) is 64.3 Å². The van der Waals surface area contributed by atoms with Gasteiger partial charge in [0.15, 0.2) is 5.82 Å². The highest BCUT2D eigenvalue weighted by Crippen LogP contribution is 2.30. The second kappa shape index (κ2) is 15.8. The van der Waals surface area contributed by atoms with Gasteiger partial charge in [-0.2, -0.15) is 18.2 Å². The summed E-state index contributed by atoms with van der Waals surface area (Å²) in [4.78, 5) is 45.7. The molecule has 16 heteroatoms. The summed E-state index contributed by atoms with van der Waals surface area (Å²) in [5, 5.41) is 20.2. The first-order valence-electron chi connectivity index (χ1n) is 15.5. The molecule has 50 heavy (non-hydrogen) atoms. The quantitative estimate of drug-likeness (QED) is 0.147. The number of carboxylic acids is 1. The molecule has 0 aliphatic carbocycles. The number of piperidine rings is 1. The Morgan fingerprint density at radius 2 is 1.68 bits per heavy atom. The van der Waals surface area contributed by atoms with Crippen LogP contribution in [0.1, 0.15) is 24.0 Å². The van der Waals surface area contributed by atoms with E-state index in [-0.39, 0.29) is 17.9 Å². The average molecular weight is 712 g/mol. The summed E-state index contributed by atoms with van der Waals surface area (Å²) in [5.74, 6) is -1.39. The number of aromatic nitrogens is 2. The van der Waals surface area contributed by atoms with Gasteiger partial charge in [0.05, 0.1) is 13.3 Å². The predicted molar refractivity (Wildman–Crippen MR) is 183 cm³/mol. The molecule has 1 aromatic heterocycles. The third-order valence-corrected chi connectivity index (χ3v) is 8.23. The molecule has 2 aliphatic heterocycles. The highest BCUT2D eigenvalue weighted by atomic mass is 35.5. The van der Waals surface area contributed by atoms with Crippen LogP contribution in [0, 0.1) is 5.92 Å². The number of amides is 3. The number of anilines is 6. The van der Waals surface area contributed by atoms with Crippen LogP contribution in [0.5, 0.6) is 5.75 Å². The van der Waals surface area contributed by atoms with E-state index in [4.69, 9.17) is 26.2 Å². The molecule has 4 aromatic rings. The molecule has 0 unspecified atom stereocenters. The van der Waals surface area contributed by atoms with E-state index in [0.717, 1.165) is 34.6 Å². The Labute approximate surface area is 290 Å². The van der Waals surface area contributed by atoms with Gasteiger partial charge in [0.1, 0.15) is 10.8 Å². The second-order valence-corrected chi connectivity index (χ2v) is 11.8. The maximum atomic E-state index is 13.4. The highest BCUT2D eigenvalue weighted by Gasteiger charge is 2.38. The standard InChI is InChI=1S/C32H32ClN7O3.C2HF3O2/c1-43-26-7-3-6-24(18-26)37-32(42)40-14-12-21(13-15-40)30(41)38-28-11-10-25-17-22(28)9-8-20-4-2-5-23(16-20)36-31-34-19-27(33)29(35-25)39-31;3-2(4,5)1(6)7/h2-7,10-11,16-19,21H,8-9,12-15H2,1H3,(H,37,42)(H,38,41)(H2,34,35,36,39);(H,6,7). The molecule has 2 aliphatic rings. The van der Waals surface area contributed by atoms with Crippen LogP contribution in [0.4, 0.5) is 52.5 Å². The number of alkyl halides is 3. The molecule has 3 aromatic carbocycles. The summed E-state index contributed by atoms with van der Waals surface area (Å²) < 4.78 is 37.0. The van der Waals surface area contributed by atoms with E-state index in [0.29, 0.717) is 60.6 Å². The number of benzene rings is 3. The minimum Gasteiger partial charge on any atom is -0.497 e. The molecule has 0 saturated carbocycles. The third kappa shape index (κ3) is 9.53. The van der Waals surface area contributed by atoms with E-state index in [1.807, 2.05) is 48.5 Å². The number of carbonyl (C=O) groups is 3. The number of urea groups is 1. The van der Waals surface area contributed by atoms with Crippen molar-refractivity contribution in [2.24, 2.45) is 5.92 Å². The van der Waals surface area contributed by atoms with E-state index >= 15 is 0 Å². The van der Waals surface area contributed by atoms with Crippen LogP contribution in [0.3, 0.4) is 0 Å². The Morgan fingerprint density at radius 1 is 0.960 bits per heavy atom. The first-order chi connectivity index (χ1) is 23.9. The monoisotopic (exact) mass is 711 g/mol.